The van der Waals surface area contributed by atoms with Crippen molar-refractivity contribution < 1.29 is 4.79 Å². The second-order valence-electron chi connectivity index (χ2n) is 7.04. The van der Waals surface area contributed by atoms with Crippen LogP contribution in [-0.2, 0) is 11.2 Å². The van der Waals surface area contributed by atoms with E-state index in [2.05, 4.69) is 32.3 Å². The largest absolute Gasteiger partial charge is 0.369 e. The second kappa shape index (κ2) is 7.67. The number of aromatic amines is 2. The number of nitrogens with one attached hydrogen (secondary N) is 2. The third kappa shape index (κ3) is 3.80. The first kappa shape index (κ1) is 18.0. The fourth-order valence-electron chi connectivity index (χ4n) is 3.78. The summed E-state index contributed by atoms with van der Waals surface area (Å²) in [4.78, 5) is 32.6. The molecule has 0 spiro atoms. The molecule has 144 valence electrons. The van der Waals surface area contributed by atoms with Crippen LogP contribution < -0.4 is 11.3 Å². The van der Waals surface area contributed by atoms with E-state index in [0.717, 1.165) is 29.7 Å². The molecule has 1 fully saturated rings. The van der Waals surface area contributed by atoms with Crippen molar-refractivity contribution in [3.8, 4) is 11.1 Å². The molecule has 4 N–H and O–H groups in total. The van der Waals surface area contributed by atoms with E-state index in [9.17, 15) is 9.59 Å². The summed E-state index contributed by atoms with van der Waals surface area (Å²) in [5.74, 6) is 0.160. The summed E-state index contributed by atoms with van der Waals surface area (Å²) in [6, 6.07) is 11.4. The van der Waals surface area contributed by atoms with Gasteiger partial charge in [-0.25, -0.2) is 4.98 Å². The number of nitrogen functional groups attached to an aromatic ring is 1. The maximum atomic E-state index is 12.8. The van der Waals surface area contributed by atoms with Crippen molar-refractivity contribution in [3.63, 3.8) is 0 Å². The van der Waals surface area contributed by atoms with E-state index < -0.39 is 0 Å². The number of benzene rings is 1. The number of nitrogens with two attached hydrogens (primary N) is 1. The summed E-state index contributed by atoms with van der Waals surface area (Å²) in [6.07, 6.45) is 3.81. The Morgan fingerprint density at radius 1 is 1.29 bits per heavy atom. The average Bonchev–Trinajstić information content (AvgIpc) is 3.18. The molecule has 3 heterocycles. The third-order valence-corrected chi connectivity index (χ3v) is 5.08. The number of aromatic nitrogens is 4. The highest BCUT2D eigenvalue weighted by Crippen LogP contribution is 2.33. The van der Waals surface area contributed by atoms with Crippen molar-refractivity contribution >= 4 is 11.9 Å². The number of piperidine rings is 1. The standard InChI is InChI=1S/C20H22N6O2/c21-20-23-15(9-17(27)24-20)10-18(28)26-8-4-7-14(12-26)19-16(11-22-25-19)13-5-2-1-3-6-13/h1-3,5-6,9,11,14H,4,7-8,10,12H2,(H,22,25)(H3,21,23,24,27)/t14-/m0/s1. The Bertz CT molecular complexity index is 1030. The van der Waals surface area contributed by atoms with Crippen LogP contribution in [0.1, 0.15) is 30.1 Å². The Balaban J connectivity index is 1.50. The summed E-state index contributed by atoms with van der Waals surface area (Å²) in [6.45, 7) is 1.31. The Morgan fingerprint density at radius 3 is 2.89 bits per heavy atom. The number of likely N-dealkylation sites (tertiary alicyclic amines) is 1. The van der Waals surface area contributed by atoms with Gasteiger partial charge in [0.15, 0.2) is 0 Å². The highest BCUT2D eigenvalue weighted by Gasteiger charge is 2.28. The summed E-state index contributed by atoms with van der Waals surface area (Å²) in [5.41, 5.74) is 8.85. The highest BCUT2D eigenvalue weighted by atomic mass is 16.2. The van der Waals surface area contributed by atoms with Crippen LogP contribution in [0.2, 0.25) is 0 Å². The molecule has 4 rings (SSSR count). The van der Waals surface area contributed by atoms with E-state index >= 15 is 0 Å². The van der Waals surface area contributed by atoms with Crippen molar-refractivity contribution in [1.82, 2.24) is 25.1 Å². The molecule has 2 aromatic heterocycles. The molecule has 1 saturated heterocycles. The van der Waals surface area contributed by atoms with Crippen molar-refractivity contribution in [1.29, 1.82) is 0 Å². The molecular formula is C20H22N6O2. The quantitative estimate of drug-likeness (QED) is 0.638. The van der Waals surface area contributed by atoms with Crippen LogP contribution in [-0.4, -0.2) is 44.1 Å². The molecule has 0 radical (unpaired) electrons. The van der Waals surface area contributed by atoms with Crippen LogP contribution in [0.15, 0.2) is 47.4 Å². The van der Waals surface area contributed by atoms with E-state index in [0.29, 0.717) is 18.8 Å². The van der Waals surface area contributed by atoms with Gasteiger partial charge in [0.1, 0.15) is 0 Å². The van der Waals surface area contributed by atoms with Gasteiger partial charge < -0.3 is 10.6 Å². The molecule has 1 aliphatic rings. The molecule has 8 heteroatoms. The SMILES string of the molecule is Nc1nc(CC(=O)N2CCC[C@H](c3[nH]ncc3-c3ccccc3)C2)cc(=O)[nH]1. The average molecular weight is 378 g/mol. The molecule has 0 unspecified atom stereocenters. The van der Waals surface area contributed by atoms with Crippen LogP contribution in [0.25, 0.3) is 11.1 Å². The Morgan fingerprint density at radius 2 is 2.11 bits per heavy atom. The normalized spacial score (nSPS) is 16.9. The minimum Gasteiger partial charge on any atom is -0.369 e. The maximum absolute atomic E-state index is 12.8. The molecule has 8 nitrogen and oxygen atoms in total. The molecule has 28 heavy (non-hydrogen) atoms. The van der Waals surface area contributed by atoms with E-state index in [4.69, 9.17) is 5.73 Å². The fraction of sp³-hybridized carbons (Fsp3) is 0.300. The number of anilines is 1. The maximum Gasteiger partial charge on any atom is 0.252 e. The zero-order valence-corrected chi connectivity index (χ0v) is 15.4. The Kier molecular flexibility index (Phi) is 4.92. The molecule has 1 amide bonds. The minimum absolute atomic E-state index is 0.0248. The highest BCUT2D eigenvalue weighted by molar-refractivity contribution is 5.78. The topological polar surface area (TPSA) is 121 Å². The van der Waals surface area contributed by atoms with Gasteiger partial charge in [-0.05, 0) is 18.4 Å². The smallest absolute Gasteiger partial charge is 0.252 e. The van der Waals surface area contributed by atoms with Crippen molar-refractivity contribution in [2.24, 2.45) is 0 Å². The predicted molar refractivity (Wildman–Crippen MR) is 106 cm³/mol. The lowest BCUT2D eigenvalue weighted by Gasteiger charge is -2.32. The van der Waals surface area contributed by atoms with Crippen LogP contribution in [0, 0.1) is 0 Å². The lowest BCUT2D eigenvalue weighted by Crippen LogP contribution is -2.40. The third-order valence-electron chi connectivity index (χ3n) is 5.08. The number of hydrogen-bond donors (Lipinski definition) is 3. The van der Waals surface area contributed by atoms with Gasteiger partial charge in [0.05, 0.1) is 18.3 Å². The lowest BCUT2D eigenvalue weighted by molar-refractivity contribution is -0.131. The Hall–Kier alpha value is -3.42. The van der Waals surface area contributed by atoms with Crippen molar-refractivity contribution in [3.05, 3.63) is 64.3 Å². The molecule has 0 bridgehead atoms. The monoisotopic (exact) mass is 378 g/mol. The van der Waals surface area contributed by atoms with Gasteiger partial charge in [0.25, 0.3) is 5.56 Å². The number of carbonyl (C=O) groups excluding carboxylic acids is 1. The zero-order valence-electron chi connectivity index (χ0n) is 15.4. The molecule has 1 atom stereocenters. The van der Waals surface area contributed by atoms with Gasteiger partial charge in [0.2, 0.25) is 11.9 Å². The lowest BCUT2D eigenvalue weighted by atomic mass is 9.90. The number of hydrogen-bond acceptors (Lipinski definition) is 5. The molecule has 3 aromatic rings. The summed E-state index contributed by atoms with van der Waals surface area (Å²) in [5, 5.41) is 7.38. The van der Waals surface area contributed by atoms with Gasteiger partial charge in [-0.3, -0.25) is 19.7 Å². The van der Waals surface area contributed by atoms with Crippen LogP contribution in [0.5, 0.6) is 0 Å². The molecule has 0 aliphatic carbocycles. The number of rotatable bonds is 4. The van der Waals surface area contributed by atoms with Crippen molar-refractivity contribution in [2.45, 2.75) is 25.2 Å². The number of H-pyrrole nitrogens is 2. The van der Waals surface area contributed by atoms with Crippen LogP contribution in [0.3, 0.4) is 0 Å². The van der Waals surface area contributed by atoms with E-state index in [1.807, 2.05) is 29.3 Å². The molecular weight excluding hydrogens is 356 g/mol. The van der Waals surface area contributed by atoms with E-state index in [-0.39, 0.29) is 29.8 Å². The van der Waals surface area contributed by atoms with Gasteiger partial charge in [-0.15, -0.1) is 0 Å². The zero-order chi connectivity index (χ0) is 19.5. The summed E-state index contributed by atoms with van der Waals surface area (Å²) in [7, 11) is 0. The summed E-state index contributed by atoms with van der Waals surface area (Å²) < 4.78 is 0. The first-order valence-corrected chi connectivity index (χ1v) is 9.32. The first-order valence-electron chi connectivity index (χ1n) is 9.32. The van der Waals surface area contributed by atoms with E-state index in [1.54, 1.807) is 0 Å². The van der Waals surface area contributed by atoms with Gasteiger partial charge in [-0.2, -0.15) is 5.10 Å². The van der Waals surface area contributed by atoms with Crippen LogP contribution >= 0.6 is 0 Å². The number of amides is 1. The number of nitrogens with zero attached hydrogens (tertiary/aromatic N) is 3. The predicted octanol–water partition coefficient (Wildman–Crippen LogP) is 1.69. The fourth-order valence-corrected chi connectivity index (χ4v) is 3.78. The first-order chi connectivity index (χ1) is 13.6. The molecule has 0 saturated carbocycles. The summed E-state index contributed by atoms with van der Waals surface area (Å²) >= 11 is 0. The second-order valence-corrected chi connectivity index (χ2v) is 7.04. The van der Waals surface area contributed by atoms with Gasteiger partial charge >= 0.3 is 0 Å². The van der Waals surface area contributed by atoms with Crippen molar-refractivity contribution in [2.75, 3.05) is 18.8 Å². The molecule has 1 aromatic carbocycles. The minimum atomic E-state index is -0.350. The van der Waals surface area contributed by atoms with Gasteiger partial charge in [-0.1, -0.05) is 30.3 Å². The Labute approximate surface area is 161 Å². The van der Waals surface area contributed by atoms with Gasteiger partial charge in [0, 0.05) is 36.3 Å². The van der Waals surface area contributed by atoms with Crippen LogP contribution in [0.4, 0.5) is 5.95 Å². The number of carbonyl (C=O) groups is 1. The molecule has 1 aliphatic heterocycles. The van der Waals surface area contributed by atoms with E-state index in [1.165, 1.54) is 6.07 Å².